The van der Waals surface area contributed by atoms with Crippen LogP contribution in [-0.4, -0.2) is 0 Å². The first-order valence-electron chi connectivity index (χ1n) is 23.3. The highest BCUT2D eigenvalue weighted by Crippen LogP contribution is 2.53. The van der Waals surface area contributed by atoms with Crippen LogP contribution in [0.4, 0.5) is 11.4 Å². The largest absolute Gasteiger partial charge is 0.331 e. The van der Waals surface area contributed by atoms with Gasteiger partial charge in [0.15, 0.2) is 0 Å². The zero-order chi connectivity index (χ0) is 42.9. The summed E-state index contributed by atoms with van der Waals surface area (Å²) in [5.41, 5.74) is 13.5. The molecule has 0 aliphatic heterocycles. The molecule has 0 radical (unpaired) electrons. The van der Waals surface area contributed by atoms with Gasteiger partial charge in [-0.25, -0.2) is 0 Å². The van der Waals surface area contributed by atoms with Gasteiger partial charge in [0.05, 0.1) is 5.54 Å². The summed E-state index contributed by atoms with van der Waals surface area (Å²) in [6.45, 7) is 14.6. The molecule has 0 heterocycles. The van der Waals surface area contributed by atoms with Gasteiger partial charge in [-0.1, -0.05) is 199 Å². The first-order valence-corrected chi connectivity index (χ1v) is 23.3. The summed E-state index contributed by atoms with van der Waals surface area (Å²) in [5.74, 6) is 0.450. The highest BCUT2D eigenvalue weighted by Gasteiger charge is 2.41. The molecule has 1 aliphatic carbocycles. The van der Waals surface area contributed by atoms with Crippen LogP contribution < -0.4 is 4.90 Å². The molecule has 2 atom stereocenters. The fourth-order valence-corrected chi connectivity index (χ4v) is 11.3. The average molecular weight is 810 g/mol. The van der Waals surface area contributed by atoms with Crippen molar-refractivity contribution in [2.24, 2.45) is 0 Å². The number of rotatable bonds is 15. The molecule has 0 saturated carbocycles. The lowest BCUT2D eigenvalue weighted by Crippen LogP contribution is -2.41. The van der Waals surface area contributed by atoms with Crippen LogP contribution in [0.1, 0.15) is 119 Å². The summed E-state index contributed by atoms with van der Waals surface area (Å²) in [5, 5.41) is 5.18. The van der Waals surface area contributed by atoms with E-state index in [1.54, 1.807) is 0 Å². The fourth-order valence-electron chi connectivity index (χ4n) is 11.3. The third-order valence-electron chi connectivity index (χ3n) is 15.0. The van der Waals surface area contributed by atoms with Crippen molar-refractivity contribution in [3.8, 4) is 11.1 Å². The van der Waals surface area contributed by atoms with Crippen LogP contribution in [0, 0.1) is 0 Å². The summed E-state index contributed by atoms with van der Waals surface area (Å²) >= 11 is 0. The molecule has 0 N–H and O–H groups in total. The molecular weight excluding hydrogens is 747 g/mol. The molecule has 9 rings (SSSR count). The van der Waals surface area contributed by atoms with E-state index in [-0.39, 0.29) is 16.4 Å². The maximum absolute atomic E-state index is 2.62. The van der Waals surface area contributed by atoms with Crippen molar-refractivity contribution < 1.29 is 0 Å². The average Bonchev–Trinajstić information content (AvgIpc) is 3.54. The molecule has 8 aromatic rings. The molecule has 0 bridgehead atoms. The van der Waals surface area contributed by atoms with E-state index in [9.17, 15) is 0 Å². The summed E-state index contributed by atoms with van der Waals surface area (Å²) in [6, 6.07) is 68.9. The van der Waals surface area contributed by atoms with Gasteiger partial charge in [-0.15, -0.1) is 0 Å². The normalized spacial score (nSPS) is 14.6. The number of fused-ring (bicyclic) bond motifs is 5. The van der Waals surface area contributed by atoms with Gasteiger partial charge in [0.1, 0.15) is 0 Å². The molecule has 62 heavy (non-hydrogen) atoms. The minimum Gasteiger partial charge on any atom is -0.331 e. The number of para-hydroxylation sites is 1. The minimum absolute atomic E-state index is 0.0944. The topological polar surface area (TPSA) is 3.24 Å². The SMILES string of the molecule is CCCC(C)(c1ccc2c(c1)C(C)(C)c1cc(C(CC)(CC)CCC(Cc3ccc4ccccc4c3)c3ccccc3)ccc1-2)N(c1ccccc1)c1ccc2ccccc2c1. The van der Waals surface area contributed by atoms with E-state index in [4.69, 9.17) is 0 Å². The Balaban J connectivity index is 1.05. The number of anilines is 2. The van der Waals surface area contributed by atoms with Gasteiger partial charge in [0.25, 0.3) is 0 Å². The van der Waals surface area contributed by atoms with E-state index >= 15 is 0 Å². The van der Waals surface area contributed by atoms with Gasteiger partial charge in [-0.2, -0.15) is 0 Å². The molecule has 0 saturated heterocycles. The molecule has 1 aliphatic rings. The Hall–Kier alpha value is -5.92. The predicted molar refractivity (Wildman–Crippen MR) is 267 cm³/mol. The van der Waals surface area contributed by atoms with Crippen LogP contribution in [-0.2, 0) is 22.8 Å². The zero-order valence-electron chi connectivity index (χ0n) is 37.8. The quantitative estimate of drug-likeness (QED) is 0.0997. The van der Waals surface area contributed by atoms with Gasteiger partial charge in [0, 0.05) is 16.8 Å². The second-order valence-corrected chi connectivity index (χ2v) is 18.9. The second kappa shape index (κ2) is 17.1. The van der Waals surface area contributed by atoms with Gasteiger partial charge >= 0.3 is 0 Å². The smallest absolute Gasteiger partial charge is 0.0674 e. The highest BCUT2D eigenvalue weighted by atomic mass is 15.2. The van der Waals surface area contributed by atoms with Crippen LogP contribution >= 0.6 is 0 Å². The van der Waals surface area contributed by atoms with E-state index in [0.717, 1.165) is 44.9 Å². The van der Waals surface area contributed by atoms with Crippen molar-refractivity contribution in [3.63, 3.8) is 0 Å². The molecule has 0 fully saturated rings. The Kier molecular flexibility index (Phi) is 11.4. The maximum Gasteiger partial charge on any atom is 0.0674 e. The first kappa shape index (κ1) is 41.4. The Morgan fingerprint density at radius 1 is 0.500 bits per heavy atom. The van der Waals surface area contributed by atoms with Crippen LogP contribution in [0.15, 0.2) is 182 Å². The van der Waals surface area contributed by atoms with Crippen molar-refractivity contribution in [3.05, 3.63) is 215 Å². The summed E-state index contributed by atoms with van der Waals surface area (Å²) in [6.07, 6.45) is 7.68. The molecule has 1 heteroatoms. The van der Waals surface area contributed by atoms with Crippen LogP contribution in [0.25, 0.3) is 32.7 Å². The summed E-state index contributed by atoms with van der Waals surface area (Å²) in [7, 11) is 0. The Morgan fingerprint density at radius 2 is 1.05 bits per heavy atom. The fraction of sp³-hybridized carbons (Fsp3) is 0.279. The van der Waals surface area contributed by atoms with Crippen molar-refractivity contribution >= 4 is 32.9 Å². The Bertz CT molecular complexity index is 2810. The molecule has 0 amide bonds. The van der Waals surface area contributed by atoms with Crippen LogP contribution in [0.5, 0.6) is 0 Å². The van der Waals surface area contributed by atoms with Gasteiger partial charge in [0.2, 0.25) is 0 Å². The van der Waals surface area contributed by atoms with E-state index in [2.05, 4.69) is 228 Å². The van der Waals surface area contributed by atoms with Crippen LogP contribution in [0.3, 0.4) is 0 Å². The lowest BCUT2D eigenvalue weighted by molar-refractivity contribution is 0.340. The number of nitrogens with zero attached hydrogens (tertiary/aromatic N) is 1. The molecule has 8 aromatic carbocycles. The van der Waals surface area contributed by atoms with E-state index in [1.807, 2.05) is 0 Å². The Morgan fingerprint density at radius 3 is 1.68 bits per heavy atom. The van der Waals surface area contributed by atoms with E-state index < -0.39 is 0 Å². The monoisotopic (exact) mass is 809 g/mol. The second-order valence-electron chi connectivity index (χ2n) is 18.9. The number of hydrogen-bond acceptors (Lipinski definition) is 1. The van der Waals surface area contributed by atoms with Crippen molar-refractivity contribution in [1.29, 1.82) is 0 Å². The Labute approximate surface area is 371 Å². The molecule has 2 unspecified atom stereocenters. The molecule has 1 nitrogen and oxygen atoms in total. The third kappa shape index (κ3) is 7.55. The van der Waals surface area contributed by atoms with Gasteiger partial charge < -0.3 is 4.90 Å². The van der Waals surface area contributed by atoms with Crippen LogP contribution in [0.2, 0.25) is 0 Å². The molecular formula is C61H63N. The summed E-state index contributed by atoms with van der Waals surface area (Å²) < 4.78 is 0. The number of benzene rings is 8. The highest BCUT2D eigenvalue weighted by molar-refractivity contribution is 5.88. The standard InChI is InChI=1S/C61H63N/c1-7-37-60(6,62(53-26-14-11-15-27-53)54-33-30-47-23-17-19-25-49(47)41-54)51-31-34-55-56-35-32-52(43-58(56)59(4,5)57(55)42-51)61(8-2,9-3)38-36-50(45-20-12-10-13-21-45)40-44-28-29-46-22-16-18-24-48(46)39-44/h10-35,39,41-43,50H,7-9,36-38,40H2,1-6H3. The van der Waals surface area contributed by atoms with Gasteiger partial charge in [-0.3, -0.25) is 0 Å². The maximum atomic E-state index is 2.62. The van der Waals surface area contributed by atoms with Crippen molar-refractivity contribution in [1.82, 2.24) is 0 Å². The lowest BCUT2D eigenvalue weighted by atomic mass is 9.69. The van der Waals surface area contributed by atoms with Crippen molar-refractivity contribution in [2.45, 2.75) is 109 Å². The molecule has 0 aromatic heterocycles. The van der Waals surface area contributed by atoms with E-state index in [0.29, 0.717) is 5.92 Å². The number of hydrogen-bond donors (Lipinski definition) is 0. The van der Waals surface area contributed by atoms with E-state index in [1.165, 1.54) is 77.4 Å². The third-order valence-corrected chi connectivity index (χ3v) is 15.0. The van der Waals surface area contributed by atoms with Crippen molar-refractivity contribution in [2.75, 3.05) is 4.90 Å². The zero-order valence-corrected chi connectivity index (χ0v) is 37.8. The lowest BCUT2D eigenvalue weighted by Gasteiger charge is -2.44. The predicted octanol–water partition coefficient (Wildman–Crippen LogP) is 17.0. The van der Waals surface area contributed by atoms with Gasteiger partial charge in [-0.05, 0) is 147 Å². The molecule has 312 valence electrons. The summed E-state index contributed by atoms with van der Waals surface area (Å²) in [4.78, 5) is 2.61. The molecule has 0 spiro atoms. The first-order chi connectivity index (χ1) is 30.2. The minimum atomic E-state index is -0.286.